The van der Waals surface area contributed by atoms with Crippen LogP contribution in [0.25, 0.3) is 0 Å². The van der Waals surface area contributed by atoms with Crippen LogP contribution in [0.1, 0.15) is 25.7 Å². The molecular weight excluding hydrogens is 166 g/mol. The quantitative estimate of drug-likeness (QED) is 0.699. The van der Waals surface area contributed by atoms with Gasteiger partial charge in [0.05, 0.1) is 5.92 Å². The van der Waals surface area contributed by atoms with Crippen LogP contribution < -0.4 is 0 Å². The fourth-order valence-corrected chi connectivity index (χ4v) is 2.57. The first-order chi connectivity index (χ1) is 6.20. The van der Waals surface area contributed by atoms with E-state index in [9.17, 15) is 4.79 Å². The maximum Gasteiger partial charge on any atom is 0.306 e. The number of carboxylic acid groups (broad SMARTS) is 1. The number of piperidine rings is 1. The Labute approximate surface area is 78.7 Å². The fraction of sp³-hybridized carbons (Fsp3) is 0.900. The minimum Gasteiger partial charge on any atom is -0.481 e. The molecule has 1 heterocycles. The van der Waals surface area contributed by atoms with Gasteiger partial charge in [-0.25, -0.2) is 0 Å². The van der Waals surface area contributed by atoms with Crippen molar-refractivity contribution in [2.75, 3.05) is 13.6 Å². The fourth-order valence-electron chi connectivity index (χ4n) is 2.57. The predicted octanol–water partition coefficient (Wildman–Crippen LogP) is 1.19. The van der Waals surface area contributed by atoms with Crippen molar-refractivity contribution in [3.8, 4) is 0 Å². The molecule has 3 heteroatoms. The molecule has 1 saturated heterocycles. The number of aliphatic carboxylic acids is 1. The summed E-state index contributed by atoms with van der Waals surface area (Å²) in [5, 5.41) is 8.82. The van der Waals surface area contributed by atoms with Gasteiger partial charge in [0.15, 0.2) is 0 Å². The van der Waals surface area contributed by atoms with E-state index in [0.29, 0.717) is 12.0 Å². The van der Waals surface area contributed by atoms with Crippen molar-refractivity contribution in [3.63, 3.8) is 0 Å². The average Bonchev–Trinajstić information content (AvgIpc) is 2.84. The Balaban J connectivity index is 1.91. The highest BCUT2D eigenvalue weighted by Crippen LogP contribution is 2.45. The highest BCUT2D eigenvalue weighted by atomic mass is 16.4. The average molecular weight is 183 g/mol. The standard InChI is InChI=1S/C10H17NO2/c1-11-5-3-2-4-9(11)7-6-8(7)10(12)13/h7-9H,2-6H2,1H3,(H,12,13)/t7-,8-,9?/m1/s1. The van der Waals surface area contributed by atoms with E-state index < -0.39 is 5.97 Å². The van der Waals surface area contributed by atoms with Gasteiger partial charge >= 0.3 is 5.97 Å². The Morgan fingerprint density at radius 1 is 1.46 bits per heavy atom. The molecule has 0 bridgehead atoms. The summed E-state index contributed by atoms with van der Waals surface area (Å²) in [6.45, 7) is 1.15. The second-order valence-corrected chi connectivity index (χ2v) is 4.39. The second kappa shape index (κ2) is 3.29. The molecule has 0 radical (unpaired) electrons. The first-order valence-electron chi connectivity index (χ1n) is 5.13. The lowest BCUT2D eigenvalue weighted by Crippen LogP contribution is -2.38. The van der Waals surface area contributed by atoms with Crippen molar-refractivity contribution in [1.29, 1.82) is 0 Å². The summed E-state index contributed by atoms with van der Waals surface area (Å²) in [7, 11) is 2.13. The van der Waals surface area contributed by atoms with Crippen LogP contribution in [0, 0.1) is 11.8 Å². The van der Waals surface area contributed by atoms with Crippen LogP contribution in [0.2, 0.25) is 0 Å². The highest BCUT2D eigenvalue weighted by molar-refractivity contribution is 5.73. The van der Waals surface area contributed by atoms with Crippen LogP contribution in [0.4, 0.5) is 0 Å². The summed E-state index contributed by atoms with van der Waals surface area (Å²) in [6.07, 6.45) is 4.66. The van der Waals surface area contributed by atoms with Crippen LogP contribution in [0.5, 0.6) is 0 Å². The Kier molecular flexibility index (Phi) is 2.28. The maximum absolute atomic E-state index is 10.7. The lowest BCUT2D eigenvalue weighted by atomic mass is 9.98. The third-order valence-corrected chi connectivity index (χ3v) is 3.48. The third kappa shape index (κ3) is 1.70. The number of hydrogen-bond donors (Lipinski definition) is 1. The van der Waals surface area contributed by atoms with Gasteiger partial charge < -0.3 is 10.0 Å². The van der Waals surface area contributed by atoms with E-state index in [-0.39, 0.29) is 5.92 Å². The minimum atomic E-state index is -0.594. The largest absolute Gasteiger partial charge is 0.481 e. The van der Waals surface area contributed by atoms with Gasteiger partial charge in [-0.3, -0.25) is 4.79 Å². The highest BCUT2D eigenvalue weighted by Gasteiger charge is 2.49. The summed E-state index contributed by atoms with van der Waals surface area (Å²) in [4.78, 5) is 13.0. The van der Waals surface area contributed by atoms with E-state index in [2.05, 4.69) is 11.9 Å². The van der Waals surface area contributed by atoms with E-state index in [1.165, 1.54) is 19.3 Å². The van der Waals surface area contributed by atoms with Crippen LogP contribution >= 0.6 is 0 Å². The smallest absolute Gasteiger partial charge is 0.306 e. The van der Waals surface area contributed by atoms with Crippen molar-refractivity contribution in [2.24, 2.45) is 11.8 Å². The van der Waals surface area contributed by atoms with Crippen LogP contribution in [-0.2, 0) is 4.79 Å². The Hall–Kier alpha value is -0.570. The number of rotatable bonds is 2. The minimum absolute atomic E-state index is 0.0365. The topological polar surface area (TPSA) is 40.5 Å². The number of carboxylic acids is 1. The molecule has 0 spiro atoms. The molecule has 1 unspecified atom stereocenters. The monoisotopic (exact) mass is 183 g/mol. The molecule has 0 aromatic carbocycles. The van der Waals surface area contributed by atoms with Crippen LogP contribution in [-0.4, -0.2) is 35.6 Å². The molecule has 13 heavy (non-hydrogen) atoms. The number of nitrogens with zero attached hydrogens (tertiary/aromatic N) is 1. The SMILES string of the molecule is CN1CCCCC1[C@@H]1C[C@H]1C(=O)O. The summed E-state index contributed by atoms with van der Waals surface area (Å²) in [6, 6.07) is 0.551. The summed E-state index contributed by atoms with van der Waals surface area (Å²) in [5.74, 6) is -0.183. The first-order valence-corrected chi connectivity index (χ1v) is 5.13. The van der Waals surface area contributed by atoms with Crippen molar-refractivity contribution < 1.29 is 9.90 Å². The lowest BCUT2D eigenvalue weighted by molar-refractivity contribution is -0.139. The van der Waals surface area contributed by atoms with Gasteiger partial charge in [-0.1, -0.05) is 6.42 Å². The van der Waals surface area contributed by atoms with Crippen LogP contribution in [0.3, 0.4) is 0 Å². The maximum atomic E-state index is 10.7. The second-order valence-electron chi connectivity index (χ2n) is 4.39. The Morgan fingerprint density at radius 2 is 2.23 bits per heavy atom. The molecule has 1 N–H and O–H groups in total. The van der Waals surface area contributed by atoms with Gasteiger partial charge in [0, 0.05) is 6.04 Å². The van der Waals surface area contributed by atoms with E-state index in [1.54, 1.807) is 0 Å². The van der Waals surface area contributed by atoms with Gasteiger partial charge in [0.1, 0.15) is 0 Å². The third-order valence-electron chi connectivity index (χ3n) is 3.48. The lowest BCUT2D eigenvalue weighted by Gasteiger charge is -2.32. The Bertz CT molecular complexity index is 217. The Morgan fingerprint density at radius 3 is 2.77 bits per heavy atom. The molecule has 3 nitrogen and oxygen atoms in total. The zero-order valence-corrected chi connectivity index (χ0v) is 8.07. The molecule has 1 saturated carbocycles. The molecule has 2 aliphatic rings. The zero-order valence-electron chi connectivity index (χ0n) is 8.07. The van der Waals surface area contributed by atoms with Crippen molar-refractivity contribution in [2.45, 2.75) is 31.7 Å². The van der Waals surface area contributed by atoms with Crippen LogP contribution in [0.15, 0.2) is 0 Å². The molecule has 2 rings (SSSR count). The van der Waals surface area contributed by atoms with Gasteiger partial charge in [0.25, 0.3) is 0 Å². The van der Waals surface area contributed by atoms with Gasteiger partial charge in [-0.05, 0) is 38.8 Å². The van der Waals surface area contributed by atoms with E-state index >= 15 is 0 Å². The number of likely N-dealkylation sites (tertiary alicyclic amines) is 1. The summed E-state index contributed by atoms with van der Waals surface area (Å²) in [5.41, 5.74) is 0. The van der Waals surface area contributed by atoms with Gasteiger partial charge in [0.2, 0.25) is 0 Å². The number of hydrogen-bond acceptors (Lipinski definition) is 2. The molecule has 2 fully saturated rings. The summed E-state index contributed by atoms with van der Waals surface area (Å²) < 4.78 is 0. The van der Waals surface area contributed by atoms with Gasteiger partial charge in [-0.2, -0.15) is 0 Å². The van der Waals surface area contributed by atoms with Gasteiger partial charge in [-0.15, -0.1) is 0 Å². The molecule has 0 aromatic rings. The van der Waals surface area contributed by atoms with Crippen molar-refractivity contribution in [3.05, 3.63) is 0 Å². The molecule has 0 amide bonds. The molecular formula is C10H17NO2. The van der Waals surface area contributed by atoms with E-state index in [1.807, 2.05) is 0 Å². The normalized spacial score (nSPS) is 40.2. The van der Waals surface area contributed by atoms with E-state index in [4.69, 9.17) is 5.11 Å². The zero-order chi connectivity index (χ0) is 9.42. The molecule has 74 valence electrons. The van der Waals surface area contributed by atoms with Crippen molar-refractivity contribution >= 4 is 5.97 Å². The summed E-state index contributed by atoms with van der Waals surface area (Å²) >= 11 is 0. The molecule has 1 aliphatic carbocycles. The number of carbonyl (C=O) groups is 1. The molecule has 0 aromatic heterocycles. The van der Waals surface area contributed by atoms with Crippen molar-refractivity contribution in [1.82, 2.24) is 4.90 Å². The predicted molar refractivity (Wildman–Crippen MR) is 49.5 cm³/mol. The molecule has 1 aliphatic heterocycles. The first kappa shape index (κ1) is 9.00. The molecule has 3 atom stereocenters. The van der Waals surface area contributed by atoms with E-state index in [0.717, 1.165) is 13.0 Å².